The Morgan fingerprint density at radius 2 is 1.58 bits per heavy atom. The van der Waals surface area contributed by atoms with Crippen LogP contribution in [0.1, 0.15) is 53.1 Å². The van der Waals surface area contributed by atoms with Crippen molar-refractivity contribution in [1.29, 1.82) is 0 Å². The largest absolute Gasteiger partial charge is 0.493 e. The van der Waals surface area contributed by atoms with E-state index in [1.807, 2.05) is 66.4 Å². The Labute approximate surface area is 312 Å². The van der Waals surface area contributed by atoms with Crippen molar-refractivity contribution >= 4 is 23.6 Å². The molecule has 1 amide bonds. The molecule has 7 nitrogen and oxygen atoms in total. The molecule has 4 aromatic carbocycles. The maximum atomic E-state index is 13.0. The van der Waals surface area contributed by atoms with E-state index < -0.39 is 0 Å². The van der Waals surface area contributed by atoms with Crippen LogP contribution in [0, 0.1) is 6.92 Å². The van der Waals surface area contributed by atoms with Crippen molar-refractivity contribution in [3.05, 3.63) is 154 Å². The molecule has 1 saturated heterocycles. The van der Waals surface area contributed by atoms with Crippen molar-refractivity contribution in [3.63, 3.8) is 0 Å². The van der Waals surface area contributed by atoms with Gasteiger partial charge in [0.15, 0.2) is 0 Å². The molecule has 0 bridgehead atoms. The van der Waals surface area contributed by atoms with Crippen LogP contribution in [0.5, 0.6) is 23.1 Å². The molecule has 0 atom stereocenters. The van der Waals surface area contributed by atoms with Crippen LogP contribution in [-0.2, 0) is 24.4 Å². The van der Waals surface area contributed by atoms with Crippen molar-refractivity contribution in [2.75, 3.05) is 32.8 Å². The molecule has 0 aliphatic carbocycles. The van der Waals surface area contributed by atoms with Crippen LogP contribution < -0.4 is 14.2 Å². The zero-order valence-corrected chi connectivity index (χ0v) is 30.9. The molecule has 0 unspecified atom stereocenters. The molecule has 0 radical (unpaired) electrons. The van der Waals surface area contributed by atoms with Crippen LogP contribution in [-0.4, -0.2) is 53.5 Å². The number of halogens is 1. The number of hydrogen-bond acceptors (Lipinski definition) is 6. The van der Waals surface area contributed by atoms with Crippen LogP contribution in [0.4, 0.5) is 0 Å². The van der Waals surface area contributed by atoms with Gasteiger partial charge in [0.05, 0.1) is 12.8 Å². The lowest BCUT2D eigenvalue weighted by Gasteiger charge is -2.34. The Bertz CT molecular complexity index is 1930. The second-order valence-electron chi connectivity index (χ2n) is 13.4. The number of carbonyl (C=O) groups is 1. The number of amides is 1. The lowest BCUT2D eigenvalue weighted by molar-refractivity contribution is -0.127. The predicted molar refractivity (Wildman–Crippen MR) is 208 cm³/mol. The van der Waals surface area contributed by atoms with E-state index in [-0.39, 0.29) is 5.91 Å². The normalized spacial score (nSPS) is 13.4. The quantitative estimate of drug-likeness (QED) is 0.107. The van der Waals surface area contributed by atoms with Crippen LogP contribution in [0.3, 0.4) is 0 Å². The monoisotopic (exact) mass is 715 g/mol. The van der Waals surface area contributed by atoms with Gasteiger partial charge in [-0.25, -0.2) is 4.98 Å². The van der Waals surface area contributed by atoms with Gasteiger partial charge in [-0.05, 0) is 83.1 Å². The summed E-state index contributed by atoms with van der Waals surface area (Å²) in [4.78, 5) is 21.7. The van der Waals surface area contributed by atoms with Crippen LogP contribution in [0.2, 0.25) is 5.02 Å². The standard InChI is InChI=1S/C44H46ClN3O4/c1-32(2)37-14-16-39(17-15-37)50-27-22-34-8-10-36(11-9-34)30-47-23-25-48(26-24-47)44(49)21-13-35-12-19-42(33(3)28-35)52-43-20-18-40(29-46-43)51-31-38-6-4-5-7-41(38)45/h4-21,28-29,32H,22-27,30-31H2,1-3H3/b21-13+. The summed E-state index contributed by atoms with van der Waals surface area (Å²) in [6, 6.07) is 34.2. The minimum atomic E-state index is 0.0288. The van der Waals surface area contributed by atoms with Gasteiger partial charge >= 0.3 is 0 Å². The molecule has 0 saturated carbocycles. The van der Waals surface area contributed by atoms with Crippen molar-refractivity contribution in [2.24, 2.45) is 0 Å². The first-order valence-corrected chi connectivity index (χ1v) is 18.3. The average molecular weight is 716 g/mol. The number of aryl methyl sites for hydroxylation is 1. The molecule has 5 aromatic rings. The van der Waals surface area contributed by atoms with Crippen molar-refractivity contribution < 1.29 is 19.0 Å². The second kappa shape index (κ2) is 17.9. The molecule has 6 rings (SSSR count). The lowest BCUT2D eigenvalue weighted by Crippen LogP contribution is -2.47. The molecular weight excluding hydrogens is 670 g/mol. The molecule has 1 aliphatic heterocycles. The number of rotatable bonds is 14. The minimum Gasteiger partial charge on any atom is -0.493 e. The van der Waals surface area contributed by atoms with E-state index in [2.05, 4.69) is 72.3 Å². The third-order valence-corrected chi connectivity index (χ3v) is 9.58. The first-order chi connectivity index (χ1) is 25.3. The van der Waals surface area contributed by atoms with Crippen LogP contribution >= 0.6 is 11.6 Å². The van der Waals surface area contributed by atoms with Gasteiger partial charge < -0.3 is 19.1 Å². The summed E-state index contributed by atoms with van der Waals surface area (Å²) < 4.78 is 17.8. The Kier molecular flexibility index (Phi) is 12.6. The summed E-state index contributed by atoms with van der Waals surface area (Å²) in [5.74, 6) is 3.26. The number of carbonyl (C=O) groups excluding carboxylic acids is 1. The minimum absolute atomic E-state index is 0.0288. The van der Waals surface area contributed by atoms with Gasteiger partial charge in [0.25, 0.3) is 0 Å². The van der Waals surface area contributed by atoms with Crippen molar-refractivity contribution in [2.45, 2.75) is 46.3 Å². The van der Waals surface area contributed by atoms with Gasteiger partial charge in [-0.2, -0.15) is 0 Å². The van der Waals surface area contributed by atoms with E-state index >= 15 is 0 Å². The van der Waals surface area contributed by atoms with Crippen LogP contribution in [0.15, 0.2) is 115 Å². The van der Waals surface area contributed by atoms with E-state index in [9.17, 15) is 4.79 Å². The van der Waals surface area contributed by atoms with Gasteiger partial charge in [0.2, 0.25) is 11.8 Å². The molecule has 0 N–H and O–H groups in total. The summed E-state index contributed by atoms with van der Waals surface area (Å²) >= 11 is 6.22. The highest BCUT2D eigenvalue weighted by molar-refractivity contribution is 6.31. The number of hydrogen-bond donors (Lipinski definition) is 0. The topological polar surface area (TPSA) is 64.1 Å². The number of aromatic nitrogens is 1. The van der Waals surface area contributed by atoms with E-state index in [0.717, 1.165) is 48.5 Å². The fourth-order valence-corrected chi connectivity index (χ4v) is 6.19. The van der Waals surface area contributed by atoms with Gasteiger partial charge in [-0.3, -0.25) is 9.69 Å². The fraction of sp³-hybridized carbons (Fsp3) is 0.273. The molecule has 268 valence electrons. The Morgan fingerprint density at radius 1 is 0.846 bits per heavy atom. The van der Waals surface area contributed by atoms with Crippen LogP contribution in [0.25, 0.3) is 6.08 Å². The summed E-state index contributed by atoms with van der Waals surface area (Å²) in [6.45, 7) is 11.4. The van der Waals surface area contributed by atoms with E-state index in [4.69, 9.17) is 25.8 Å². The highest BCUT2D eigenvalue weighted by Gasteiger charge is 2.19. The molecular formula is C44H46ClN3O4. The van der Waals surface area contributed by atoms with Gasteiger partial charge in [-0.1, -0.05) is 86.1 Å². The van der Waals surface area contributed by atoms with Gasteiger partial charge in [0, 0.05) is 61.9 Å². The molecule has 8 heteroatoms. The van der Waals surface area contributed by atoms with Gasteiger partial charge in [0.1, 0.15) is 23.9 Å². The maximum absolute atomic E-state index is 13.0. The summed E-state index contributed by atoms with van der Waals surface area (Å²) in [6.07, 6.45) is 6.03. The van der Waals surface area contributed by atoms with Gasteiger partial charge in [-0.15, -0.1) is 0 Å². The predicted octanol–water partition coefficient (Wildman–Crippen LogP) is 9.52. The number of pyridine rings is 1. The first-order valence-electron chi connectivity index (χ1n) is 17.9. The molecule has 1 aromatic heterocycles. The zero-order chi connectivity index (χ0) is 36.3. The molecule has 0 spiro atoms. The number of nitrogens with zero attached hydrogens (tertiary/aromatic N) is 3. The lowest BCUT2D eigenvalue weighted by atomic mass is 10.0. The third kappa shape index (κ3) is 10.5. The molecule has 52 heavy (non-hydrogen) atoms. The number of piperazine rings is 1. The average Bonchev–Trinajstić information content (AvgIpc) is 3.16. The summed E-state index contributed by atoms with van der Waals surface area (Å²) in [7, 11) is 0. The second-order valence-corrected chi connectivity index (χ2v) is 13.8. The first kappa shape index (κ1) is 36.7. The van der Waals surface area contributed by atoms with E-state index in [1.165, 1.54) is 16.7 Å². The van der Waals surface area contributed by atoms with E-state index in [1.54, 1.807) is 18.3 Å². The SMILES string of the molecule is Cc1cc(/C=C/C(=O)N2CCN(Cc3ccc(CCOc4ccc(C(C)C)cc4)cc3)CC2)ccc1Oc1ccc(OCc2ccccc2Cl)cn1. The Morgan fingerprint density at radius 3 is 2.27 bits per heavy atom. The zero-order valence-electron chi connectivity index (χ0n) is 30.1. The van der Waals surface area contributed by atoms with Crippen molar-refractivity contribution in [1.82, 2.24) is 14.8 Å². The van der Waals surface area contributed by atoms with Crippen molar-refractivity contribution in [3.8, 4) is 23.1 Å². The maximum Gasteiger partial charge on any atom is 0.246 e. The molecule has 1 fully saturated rings. The third-order valence-electron chi connectivity index (χ3n) is 9.21. The molecule has 2 heterocycles. The van der Waals surface area contributed by atoms with E-state index in [0.29, 0.717) is 54.6 Å². The fourth-order valence-electron chi connectivity index (χ4n) is 6.00. The summed E-state index contributed by atoms with van der Waals surface area (Å²) in [5.41, 5.74) is 6.66. The number of benzene rings is 4. The highest BCUT2D eigenvalue weighted by atomic mass is 35.5. The summed E-state index contributed by atoms with van der Waals surface area (Å²) in [5, 5.41) is 0.669. The smallest absolute Gasteiger partial charge is 0.246 e. The Hall–Kier alpha value is -5.11. The molecule has 1 aliphatic rings. The highest BCUT2D eigenvalue weighted by Crippen LogP contribution is 2.27. The number of ether oxygens (including phenoxy) is 3. The Balaban J connectivity index is 0.905.